The van der Waals surface area contributed by atoms with Gasteiger partial charge in [0.25, 0.3) is 5.91 Å². The first kappa shape index (κ1) is 20.1. The summed E-state index contributed by atoms with van der Waals surface area (Å²) in [6, 6.07) is 11.1. The minimum absolute atomic E-state index is 0.0503. The number of aromatic nitrogens is 2. The molecular weight excluding hydrogens is 370 g/mol. The number of hydrogen-bond acceptors (Lipinski definition) is 6. The zero-order valence-corrected chi connectivity index (χ0v) is 17.1. The largest absolute Gasteiger partial charge is 0.493 e. The van der Waals surface area contributed by atoms with Crippen LogP contribution in [0.5, 0.6) is 17.2 Å². The summed E-state index contributed by atoms with van der Waals surface area (Å²) in [6.07, 6.45) is 3.24. The monoisotopic (exact) mass is 393 g/mol. The number of rotatable bonds is 6. The summed E-state index contributed by atoms with van der Waals surface area (Å²) in [6.45, 7) is 0. The van der Waals surface area contributed by atoms with E-state index in [1.807, 2.05) is 24.3 Å². The number of benzene rings is 2. The van der Waals surface area contributed by atoms with Gasteiger partial charge in [0.2, 0.25) is 5.75 Å². The van der Waals surface area contributed by atoms with Crippen LogP contribution in [-0.2, 0) is 0 Å². The smallest absolute Gasteiger partial charge is 0.253 e. The number of carbonyl (C=O) groups excluding carboxylic acids is 1. The van der Waals surface area contributed by atoms with Gasteiger partial charge in [0.05, 0.1) is 27.0 Å². The van der Waals surface area contributed by atoms with Crippen LogP contribution in [0.15, 0.2) is 48.9 Å². The fourth-order valence-corrected chi connectivity index (χ4v) is 3.04. The van der Waals surface area contributed by atoms with Gasteiger partial charge < -0.3 is 19.1 Å². The molecule has 0 N–H and O–H groups in total. The summed E-state index contributed by atoms with van der Waals surface area (Å²) in [5.74, 6) is 1.54. The Labute approximate surface area is 169 Å². The van der Waals surface area contributed by atoms with Crippen molar-refractivity contribution in [3.8, 4) is 39.6 Å². The average molecular weight is 393 g/mol. The molecule has 0 aliphatic rings. The van der Waals surface area contributed by atoms with Gasteiger partial charge in [0.15, 0.2) is 11.5 Å². The maximum absolute atomic E-state index is 12.1. The minimum atomic E-state index is -0.0503. The predicted octanol–water partition coefficient (Wildman–Crippen LogP) is 3.54. The molecule has 7 nitrogen and oxygen atoms in total. The van der Waals surface area contributed by atoms with E-state index in [1.54, 1.807) is 58.7 Å². The van der Waals surface area contributed by atoms with Crippen molar-refractivity contribution in [2.75, 3.05) is 35.4 Å². The van der Waals surface area contributed by atoms with Crippen LogP contribution in [0.4, 0.5) is 0 Å². The van der Waals surface area contributed by atoms with Crippen molar-refractivity contribution in [2.24, 2.45) is 0 Å². The lowest BCUT2D eigenvalue weighted by Gasteiger charge is -2.15. The lowest BCUT2D eigenvalue weighted by Crippen LogP contribution is -2.21. The molecule has 3 aromatic rings. The maximum atomic E-state index is 12.1. The lowest BCUT2D eigenvalue weighted by molar-refractivity contribution is 0.0827. The van der Waals surface area contributed by atoms with Crippen LogP contribution < -0.4 is 14.2 Å². The summed E-state index contributed by atoms with van der Waals surface area (Å²) in [5.41, 5.74) is 3.84. The van der Waals surface area contributed by atoms with Crippen molar-refractivity contribution < 1.29 is 19.0 Å². The lowest BCUT2D eigenvalue weighted by atomic mass is 9.99. The molecule has 0 unspecified atom stereocenters. The number of methoxy groups -OCH3 is 3. The number of nitrogens with zero attached hydrogens (tertiary/aromatic N) is 3. The topological polar surface area (TPSA) is 73.8 Å². The van der Waals surface area contributed by atoms with E-state index < -0.39 is 0 Å². The fraction of sp³-hybridized carbons (Fsp3) is 0.227. The Morgan fingerprint density at radius 1 is 0.897 bits per heavy atom. The van der Waals surface area contributed by atoms with Gasteiger partial charge in [-0.05, 0) is 29.8 Å². The summed E-state index contributed by atoms with van der Waals surface area (Å²) < 4.78 is 16.3. The first-order valence-electron chi connectivity index (χ1n) is 8.92. The van der Waals surface area contributed by atoms with E-state index in [4.69, 9.17) is 14.2 Å². The molecule has 0 fully saturated rings. The maximum Gasteiger partial charge on any atom is 0.253 e. The van der Waals surface area contributed by atoms with Crippen molar-refractivity contribution >= 4 is 5.91 Å². The zero-order chi connectivity index (χ0) is 21.0. The van der Waals surface area contributed by atoms with Crippen molar-refractivity contribution in [3.05, 3.63) is 54.5 Å². The summed E-state index contributed by atoms with van der Waals surface area (Å²) >= 11 is 0. The second-order valence-corrected chi connectivity index (χ2v) is 6.48. The molecule has 150 valence electrons. The predicted molar refractivity (Wildman–Crippen MR) is 111 cm³/mol. The van der Waals surface area contributed by atoms with Gasteiger partial charge in [-0.3, -0.25) is 4.79 Å². The highest BCUT2D eigenvalue weighted by Crippen LogP contribution is 2.42. The molecule has 1 amide bonds. The molecule has 1 heterocycles. The molecule has 0 atom stereocenters. The van der Waals surface area contributed by atoms with E-state index in [0.29, 0.717) is 28.5 Å². The van der Waals surface area contributed by atoms with Crippen LogP contribution in [-0.4, -0.2) is 56.2 Å². The molecule has 29 heavy (non-hydrogen) atoms. The second kappa shape index (κ2) is 8.60. The van der Waals surface area contributed by atoms with Crippen LogP contribution in [0.25, 0.3) is 22.4 Å². The number of ether oxygens (including phenoxy) is 3. The van der Waals surface area contributed by atoms with Crippen LogP contribution in [0.2, 0.25) is 0 Å². The molecule has 2 aromatic carbocycles. The van der Waals surface area contributed by atoms with Crippen LogP contribution in [0.1, 0.15) is 10.4 Å². The molecule has 0 bridgehead atoms. The Morgan fingerprint density at radius 3 is 2.03 bits per heavy atom. The first-order valence-corrected chi connectivity index (χ1v) is 8.92. The molecule has 3 rings (SSSR count). The van der Waals surface area contributed by atoms with Crippen molar-refractivity contribution in [3.63, 3.8) is 0 Å². The van der Waals surface area contributed by atoms with Gasteiger partial charge in [0, 0.05) is 37.0 Å². The standard InChI is InChI=1S/C22H23N3O4/c1-25(2)22(26)15-8-6-14(7-9-15)17-12-23-13-24-20(17)16-10-18(27-3)21(29-5)19(11-16)28-4/h6-13H,1-5H3. The molecule has 0 saturated heterocycles. The van der Waals surface area contributed by atoms with Gasteiger partial charge in [-0.15, -0.1) is 0 Å². The molecule has 0 saturated carbocycles. The van der Waals surface area contributed by atoms with E-state index in [2.05, 4.69) is 9.97 Å². The van der Waals surface area contributed by atoms with Crippen molar-refractivity contribution in [1.29, 1.82) is 0 Å². The van der Waals surface area contributed by atoms with Gasteiger partial charge in [0.1, 0.15) is 6.33 Å². The Balaban J connectivity index is 2.10. The van der Waals surface area contributed by atoms with Gasteiger partial charge in [-0.1, -0.05) is 12.1 Å². The minimum Gasteiger partial charge on any atom is -0.493 e. The molecule has 7 heteroatoms. The second-order valence-electron chi connectivity index (χ2n) is 6.48. The van der Waals surface area contributed by atoms with Crippen LogP contribution in [0, 0.1) is 0 Å². The Kier molecular flexibility index (Phi) is 5.97. The third kappa shape index (κ3) is 3.99. The van der Waals surface area contributed by atoms with Crippen LogP contribution >= 0.6 is 0 Å². The zero-order valence-electron chi connectivity index (χ0n) is 17.1. The first-order chi connectivity index (χ1) is 14.0. The highest BCUT2D eigenvalue weighted by atomic mass is 16.5. The van der Waals surface area contributed by atoms with E-state index in [-0.39, 0.29) is 5.91 Å². The van der Waals surface area contributed by atoms with Gasteiger partial charge in [-0.2, -0.15) is 0 Å². The third-order valence-corrected chi connectivity index (χ3v) is 4.50. The molecule has 0 aliphatic heterocycles. The molecule has 0 spiro atoms. The number of carbonyl (C=O) groups is 1. The highest BCUT2D eigenvalue weighted by Gasteiger charge is 2.17. The van der Waals surface area contributed by atoms with E-state index >= 15 is 0 Å². The quantitative estimate of drug-likeness (QED) is 0.638. The SMILES string of the molecule is COc1cc(-c2ncncc2-c2ccc(C(=O)N(C)C)cc2)cc(OC)c1OC. The molecule has 1 aromatic heterocycles. The normalized spacial score (nSPS) is 10.4. The summed E-state index contributed by atoms with van der Waals surface area (Å²) in [4.78, 5) is 22.3. The Morgan fingerprint density at radius 2 is 1.52 bits per heavy atom. The van der Waals surface area contributed by atoms with Gasteiger partial charge in [-0.25, -0.2) is 9.97 Å². The van der Waals surface area contributed by atoms with Crippen molar-refractivity contribution in [1.82, 2.24) is 14.9 Å². The van der Waals surface area contributed by atoms with E-state index in [9.17, 15) is 4.79 Å². The molecular formula is C22H23N3O4. The van der Waals surface area contributed by atoms with E-state index in [1.165, 1.54) is 6.33 Å². The summed E-state index contributed by atoms with van der Waals surface area (Å²) in [5, 5.41) is 0. The average Bonchev–Trinajstić information content (AvgIpc) is 2.77. The van der Waals surface area contributed by atoms with E-state index in [0.717, 1.165) is 16.7 Å². The number of hydrogen-bond donors (Lipinski definition) is 0. The van der Waals surface area contributed by atoms with Crippen LogP contribution in [0.3, 0.4) is 0 Å². The highest BCUT2D eigenvalue weighted by molar-refractivity contribution is 5.94. The molecule has 0 radical (unpaired) electrons. The van der Waals surface area contributed by atoms with Crippen molar-refractivity contribution in [2.45, 2.75) is 0 Å². The number of amides is 1. The third-order valence-electron chi connectivity index (χ3n) is 4.50. The molecule has 0 aliphatic carbocycles. The fourth-order valence-electron chi connectivity index (χ4n) is 3.04. The Hall–Kier alpha value is -3.61. The Bertz CT molecular complexity index is 992. The van der Waals surface area contributed by atoms with Gasteiger partial charge >= 0.3 is 0 Å². The summed E-state index contributed by atoms with van der Waals surface area (Å²) in [7, 11) is 8.16.